The Hall–Kier alpha value is -3.67. The molecular weight excluding hydrogens is 850 g/mol. The largest absolute Gasteiger partial charge is 0.493 e. The maximum Gasteiger partial charge on any atom is 0.246 e. The summed E-state index contributed by atoms with van der Waals surface area (Å²) in [6.07, 6.45) is 10.2. The molecule has 0 saturated carbocycles. The summed E-state index contributed by atoms with van der Waals surface area (Å²) in [7, 11) is 0. The smallest absolute Gasteiger partial charge is 0.246 e. The number of ether oxygens (including phenoxy) is 4. The summed E-state index contributed by atoms with van der Waals surface area (Å²) in [6, 6.07) is 19.4. The average Bonchev–Trinajstić information content (AvgIpc) is 3.27. The van der Waals surface area contributed by atoms with Gasteiger partial charge in [-0.1, -0.05) is 121 Å². The maximum absolute atomic E-state index is 13.3. The zero-order chi connectivity index (χ0) is 41.7. The predicted molar refractivity (Wildman–Crippen MR) is 242 cm³/mol. The molecule has 2 fully saturated rings. The normalized spacial score (nSPS) is 14.7. The van der Waals surface area contributed by atoms with Gasteiger partial charge >= 0.3 is 0 Å². The van der Waals surface area contributed by atoms with Crippen LogP contribution < -0.4 is 9.47 Å². The molecule has 0 unspecified atom stereocenters. The van der Waals surface area contributed by atoms with E-state index in [0.29, 0.717) is 98.2 Å². The summed E-state index contributed by atoms with van der Waals surface area (Å²) in [5, 5.41) is 1.08. The van der Waals surface area contributed by atoms with Gasteiger partial charge in [-0.05, 0) is 60.4 Å². The Balaban J connectivity index is 1.47. The van der Waals surface area contributed by atoms with Crippen molar-refractivity contribution in [2.75, 3.05) is 65.8 Å². The molecule has 0 bridgehead atoms. The third-order valence-corrected chi connectivity index (χ3v) is 13.0. The number of hydrogen-bond acceptors (Lipinski definition) is 7. The lowest BCUT2D eigenvalue weighted by molar-refractivity contribution is -0.130. The fraction of sp³-hybridized carbons (Fsp3) is 0.348. The SMILES string of the molecule is CCCCOc1ccccc1-c1cc(Sc2cc(-c3ccccc3OCCCC)c(/C=C/C(=O)N3CCOCC3)c(Cl)c2Cl)c(Cl)c(Cl)c1/C=C/C(=O)N1CCOCC1. The molecule has 0 aliphatic carbocycles. The molecule has 2 saturated heterocycles. The van der Waals surface area contributed by atoms with Crippen LogP contribution in [0.1, 0.15) is 50.7 Å². The van der Waals surface area contributed by atoms with Crippen molar-refractivity contribution in [3.05, 3.63) is 104 Å². The topological polar surface area (TPSA) is 77.5 Å². The van der Waals surface area contributed by atoms with Crippen molar-refractivity contribution in [2.45, 2.75) is 49.3 Å². The second-order valence-electron chi connectivity index (χ2n) is 14.0. The van der Waals surface area contributed by atoms with Crippen molar-refractivity contribution in [1.29, 1.82) is 0 Å². The van der Waals surface area contributed by atoms with Gasteiger partial charge < -0.3 is 28.7 Å². The Bertz CT molecular complexity index is 2020. The average molecular weight is 899 g/mol. The molecule has 312 valence electrons. The van der Waals surface area contributed by atoms with E-state index in [9.17, 15) is 9.59 Å². The van der Waals surface area contributed by atoms with E-state index >= 15 is 0 Å². The lowest BCUT2D eigenvalue weighted by Crippen LogP contribution is -2.39. The van der Waals surface area contributed by atoms with Gasteiger partial charge in [-0.25, -0.2) is 0 Å². The predicted octanol–water partition coefficient (Wildman–Crippen LogP) is 11.9. The van der Waals surface area contributed by atoms with E-state index in [2.05, 4.69) is 13.8 Å². The van der Waals surface area contributed by atoms with E-state index in [1.165, 1.54) is 23.9 Å². The number of halogens is 4. The van der Waals surface area contributed by atoms with E-state index in [0.717, 1.165) is 47.9 Å². The van der Waals surface area contributed by atoms with Crippen LogP contribution in [0.25, 0.3) is 34.4 Å². The monoisotopic (exact) mass is 896 g/mol. The third kappa shape index (κ3) is 11.4. The fourth-order valence-electron chi connectivity index (χ4n) is 6.64. The molecule has 0 N–H and O–H groups in total. The summed E-state index contributed by atoms with van der Waals surface area (Å²) in [5.41, 5.74) is 4.16. The zero-order valence-electron chi connectivity index (χ0n) is 33.2. The molecule has 2 aliphatic rings. The van der Waals surface area contributed by atoms with Crippen LogP contribution in [0.15, 0.2) is 82.6 Å². The van der Waals surface area contributed by atoms with Gasteiger partial charge in [-0.3, -0.25) is 9.59 Å². The van der Waals surface area contributed by atoms with Crippen molar-refractivity contribution in [1.82, 2.24) is 9.80 Å². The van der Waals surface area contributed by atoms with Gasteiger partial charge in [0, 0.05) is 70.4 Å². The summed E-state index contributed by atoms with van der Waals surface area (Å²) in [6.45, 7) is 9.28. The van der Waals surface area contributed by atoms with E-state index in [-0.39, 0.29) is 31.9 Å². The Labute approximate surface area is 371 Å². The van der Waals surface area contributed by atoms with E-state index < -0.39 is 0 Å². The van der Waals surface area contributed by atoms with Crippen molar-refractivity contribution in [3.63, 3.8) is 0 Å². The molecule has 2 amide bonds. The highest BCUT2D eigenvalue weighted by Crippen LogP contribution is 2.50. The molecule has 13 heteroatoms. The lowest BCUT2D eigenvalue weighted by Gasteiger charge is -2.25. The Morgan fingerprint density at radius 3 is 1.39 bits per heavy atom. The van der Waals surface area contributed by atoms with Crippen molar-refractivity contribution in [2.24, 2.45) is 0 Å². The van der Waals surface area contributed by atoms with Crippen LogP contribution >= 0.6 is 58.2 Å². The number of carbonyl (C=O) groups is 2. The van der Waals surface area contributed by atoms with E-state index in [1.54, 1.807) is 22.0 Å². The molecule has 8 nitrogen and oxygen atoms in total. The van der Waals surface area contributed by atoms with Crippen molar-refractivity contribution in [3.8, 4) is 33.8 Å². The first-order valence-corrected chi connectivity index (χ1v) is 22.3. The molecule has 0 spiro atoms. The number of hydrogen-bond donors (Lipinski definition) is 0. The molecule has 0 aromatic heterocycles. The number of carbonyl (C=O) groups excluding carboxylic acids is 2. The standard InChI is InChI=1S/C46H48Cl4N2O6S/c1-3-5-23-57-37-13-9-7-11-31(37)35-29-39(45(49)43(47)33(35)15-17-41(53)51-19-25-55-26-20-51)59-40-30-36(32-12-8-10-14-38(32)58-24-6-4-2)34(44(48)46(40)50)16-18-42(54)52-21-27-56-28-22-52/h7-18,29-30H,3-6,19-28H2,1-2H3/b17-15+,18-16+. The number of nitrogens with zero attached hydrogens (tertiary/aromatic N) is 2. The first-order valence-electron chi connectivity index (χ1n) is 20.0. The Morgan fingerprint density at radius 1 is 0.610 bits per heavy atom. The van der Waals surface area contributed by atoms with Crippen LogP contribution in [-0.4, -0.2) is 87.4 Å². The van der Waals surface area contributed by atoms with Gasteiger partial charge in [0.05, 0.1) is 59.7 Å². The highest BCUT2D eigenvalue weighted by atomic mass is 35.5. The van der Waals surface area contributed by atoms with Gasteiger partial charge in [0.2, 0.25) is 11.8 Å². The molecule has 4 aromatic rings. The highest BCUT2D eigenvalue weighted by molar-refractivity contribution is 7.99. The molecule has 2 aliphatic heterocycles. The van der Waals surface area contributed by atoms with Crippen LogP contribution in [0.2, 0.25) is 20.1 Å². The minimum atomic E-state index is -0.147. The van der Waals surface area contributed by atoms with Crippen LogP contribution in [0.3, 0.4) is 0 Å². The molecule has 4 aromatic carbocycles. The molecule has 0 atom stereocenters. The fourth-order valence-corrected chi connectivity index (χ4v) is 8.81. The summed E-state index contributed by atoms with van der Waals surface area (Å²) in [5.74, 6) is 1.06. The number of para-hydroxylation sites is 2. The van der Waals surface area contributed by atoms with Crippen molar-refractivity contribution >= 4 is 82.1 Å². The Morgan fingerprint density at radius 2 is 1.00 bits per heavy atom. The Kier molecular flexibility index (Phi) is 16.9. The first kappa shape index (κ1) is 44.9. The van der Waals surface area contributed by atoms with Crippen LogP contribution in [0, 0.1) is 0 Å². The number of rotatable bonds is 16. The second-order valence-corrected chi connectivity index (χ2v) is 16.6. The molecular formula is C46H48Cl4N2O6S. The summed E-state index contributed by atoms with van der Waals surface area (Å²) >= 11 is 30.0. The molecule has 0 radical (unpaired) electrons. The number of unbranched alkanes of at least 4 members (excludes halogenated alkanes) is 2. The van der Waals surface area contributed by atoms with Crippen molar-refractivity contribution < 1.29 is 28.5 Å². The highest BCUT2D eigenvalue weighted by Gasteiger charge is 2.24. The molecule has 2 heterocycles. The lowest BCUT2D eigenvalue weighted by atomic mass is 9.98. The van der Waals surface area contributed by atoms with E-state index in [1.807, 2.05) is 60.7 Å². The van der Waals surface area contributed by atoms with E-state index in [4.69, 9.17) is 65.4 Å². The van der Waals surface area contributed by atoms with Gasteiger partial charge in [0.1, 0.15) is 11.5 Å². The van der Waals surface area contributed by atoms with Gasteiger partial charge in [0.25, 0.3) is 0 Å². The second kappa shape index (κ2) is 22.3. The summed E-state index contributed by atoms with van der Waals surface area (Å²) < 4.78 is 23.5. The number of amides is 2. The quantitative estimate of drug-likeness (QED) is 0.0819. The van der Waals surface area contributed by atoms with Crippen LogP contribution in [0.4, 0.5) is 0 Å². The number of benzene rings is 4. The summed E-state index contributed by atoms with van der Waals surface area (Å²) in [4.78, 5) is 31.3. The number of morpholine rings is 2. The van der Waals surface area contributed by atoms with Gasteiger partial charge in [-0.2, -0.15) is 0 Å². The zero-order valence-corrected chi connectivity index (χ0v) is 37.1. The minimum absolute atomic E-state index is 0.147. The minimum Gasteiger partial charge on any atom is -0.493 e. The van der Waals surface area contributed by atoms with Crippen LogP contribution in [-0.2, 0) is 19.1 Å². The van der Waals surface area contributed by atoms with Gasteiger partial charge in [0.15, 0.2) is 0 Å². The van der Waals surface area contributed by atoms with Gasteiger partial charge in [-0.15, -0.1) is 0 Å². The molecule has 6 rings (SSSR count). The third-order valence-electron chi connectivity index (χ3n) is 9.94. The first-order chi connectivity index (χ1) is 28.7. The van der Waals surface area contributed by atoms with Crippen LogP contribution in [0.5, 0.6) is 11.5 Å². The molecule has 59 heavy (non-hydrogen) atoms. The maximum atomic E-state index is 13.3.